The monoisotopic (exact) mass is 216 g/mol. The van der Waals surface area contributed by atoms with Crippen molar-refractivity contribution in [1.29, 1.82) is 0 Å². The molecule has 0 unspecified atom stereocenters. The summed E-state index contributed by atoms with van der Waals surface area (Å²) < 4.78 is 13.4. The van der Waals surface area contributed by atoms with Crippen molar-refractivity contribution in [2.45, 2.75) is 19.3 Å². The molecule has 0 aromatic heterocycles. The molecule has 0 fully saturated rings. The van der Waals surface area contributed by atoms with Crippen molar-refractivity contribution >= 4 is 5.78 Å². The number of carbonyl (C=O) groups is 1. The van der Waals surface area contributed by atoms with E-state index in [1.165, 1.54) is 0 Å². The minimum atomic E-state index is -0.300. The second-order valence-corrected chi connectivity index (χ2v) is 3.98. The van der Waals surface area contributed by atoms with E-state index < -0.39 is 0 Å². The number of benzene rings is 1. The topological polar surface area (TPSA) is 17.1 Å². The van der Waals surface area contributed by atoms with Crippen molar-refractivity contribution in [2.75, 3.05) is 0 Å². The predicted molar refractivity (Wildman–Crippen MR) is 61.7 cm³/mol. The normalized spacial score (nSPS) is 16.1. The molecule has 1 aliphatic carbocycles. The first-order valence-corrected chi connectivity index (χ1v) is 5.32. The van der Waals surface area contributed by atoms with Crippen LogP contribution in [0.3, 0.4) is 0 Å². The van der Waals surface area contributed by atoms with Crippen LogP contribution < -0.4 is 0 Å². The van der Waals surface area contributed by atoms with Gasteiger partial charge in [0.25, 0.3) is 0 Å². The average molecular weight is 216 g/mol. The number of hydrogen-bond donors (Lipinski definition) is 0. The summed E-state index contributed by atoms with van der Waals surface area (Å²) in [5, 5.41) is 0. The molecule has 0 spiro atoms. The minimum absolute atomic E-state index is 0.100. The maximum Gasteiger partial charge on any atom is 0.187 e. The Labute approximate surface area is 94.3 Å². The number of allylic oxidation sites excluding steroid dienone is 3. The lowest BCUT2D eigenvalue weighted by Gasteiger charge is -2.01. The summed E-state index contributed by atoms with van der Waals surface area (Å²) in [6, 6.07) is 9.77. The van der Waals surface area contributed by atoms with Crippen molar-refractivity contribution < 1.29 is 9.18 Å². The average Bonchev–Trinajstić information content (AvgIpc) is 2.53. The minimum Gasteiger partial charge on any atom is -0.289 e. The van der Waals surface area contributed by atoms with Gasteiger partial charge in [-0.25, -0.2) is 4.39 Å². The molecular weight excluding hydrogens is 203 g/mol. The van der Waals surface area contributed by atoms with Crippen LogP contribution in [0.2, 0.25) is 0 Å². The van der Waals surface area contributed by atoms with Crippen LogP contribution >= 0.6 is 0 Å². The fourth-order valence-corrected chi connectivity index (χ4v) is 1.87. The highest BCUT2D eigenvalue weighted by molar-refractivity contribution is 6.11. The number of ketones is 1. The second-order valence-electron chi connectivity index (χ2n) is 3.98. The number of hydrogen-bond acceptors (Lipinski definition) is 1. The van der Waals surface area contributed by atoms with Crippen molar-refractivity contribution in [1.82, 2.24) is 0 Å². The van der Waals surface area contributed by atoms with Crippen LogP contribution in [0.5, 0.6) is 0 Å². The molecule has 0 saturated heterocycles. The molecule has 0 aliphatic heterocycles. The zero-order valence-corrected chi connectivity index (χ0v) is 9.00. The van der Waals surface area contributed by atoms with E-state index in [0.29, 0.717) is 24.0 Å². The van der Waals surface area contributed by atoms with Gasteiger partial charge in [-0.15, -0.1) is 0 Å². The highest BCUT2D eigenvalue weighted by Crippen LogP contribution is 2.30. The summed E-state index contributed by atoms with van der Waals surface area (Å²) in [5.41, 5.74) is 1.81. The lowest BCUT2D eigenvalue weighted by molar-refractivity contribution is -0.112. The maximum absolute atomic E-state index is 13.4. The molecule has 0 atom stereocenters. The van der Waals surface area contributed by atoms with Gasteiger partial charge in [-0.2, -0.15) is 0 Å². The Bertz CT molecular complexity index is 457. The standard InChI is InChI=1S/C14H13FO/c1-10-9-13(15)12(14(10)16)8-7-11-5-3-2-4-6-11/h2-6H,1,7-9H2. The van der Waals surface area contributed by atoms with Gasteiger partial charge in [-0.3, -0.25) is 4.79 Å². The first-order valence-electron chi connectivity index (χ1n) is 5.32. The number of carbonyl (C=O) groups excluding carboxylic acids is 1. The molecule has 0 N–H and O–H groups in total. The molecule has 2 heteroatoms. The molecule has 16 heavy (non-hydrogen) atoms. The molecule has 0 bridgehead atoms. The van der Waals surface area contributed by atoms with Gasteiger partial charge >= 0.3 is 0 Å². The van der Waals surface area contributed by atoms with Crippen LogP contribution in [0.25, 0.3) is 0 Å². The third-order valence-corrected chi connectivity index (χ3v) is 2.80. The first kappa shape index (κ1) is 10.8. The van der Waals surface area contributed by atoms with Crippen LogP contribution in [0.4, 0.5) is 4.39 Å². The third kappa shape index (κ3) is 2.11. The van der Waals surface area contributed by atoms with E-state index in [9.17, 15) is 9.18 Å². The second kappa shape index (κ2) is 4.44. The number of Topliss-reactive ketones (excluding diaryl/α,β-unsaturated/α-hetero) is 1. The summed E-state index contributed by atoms with van der Waals surface area (Å²) in [5.74, 6) is -0.501. The van der Waals surface area contributed by atoms with Gasteiger partial charge in [0.05, 0.1) is 0 Å². The summed E-state index contributed by atoms with van der Waals surface area (Å²) in [6.45, 7) is 3.56. The lowest BCUT2D eigenvalue weighted by atomic mass is 10.0. The molecule has 1 aromatic carbocycles. The molecule has 1 aromatic rings. The molecule has 0 heterocycles. The van der Waals surface area contributed by atoms with Gasteiger partial charge in [-0.1, -0.05) is 36.9 Å². The Hall–Kier alpha value is -1.70. The van der Waals surface area contributed by atoms with E-state index in [1.54, 1.807) is 0 Å². The van der Waals surface area contributed by atoms with Crippen molar-refractivity contribution in [3.63, 3.8) is 0 Å². The van der Waals surface area contributed by atoms with E-state index in [1.807, 2.05) is 30.3 Å². The predicted octanol–water partition coefficient (Wildman–Crippen LogP) is 3.37. The van der Waals surface area contributed by atoms with E-state index in [0.717, 1.165) is 5.56 Å². The van der Waals surface area contributed by atoms with E-state index >= 15 is 0 Å². The molecule has 2 rings (SSSR count). The van der Waals surface area contributed by atoms with Crippen LogP contribution in [-0.4, -0.2) is 5.78 Å². The molecule has 1 nitrogen and oxygen atoms in total. The largest absolute Gasteiger partial charge is 0.289 e. The molecule has 0 saturated carbocycles. The van der Waals surface area contributed by atoms with Crippen molar-refractivity contribution in [3.05, 3.63) is 59.4 Å². The smallest absolute Gasteiger partial charge is 0.187 e. The summed E-state index contributed by atoms with van der Waals surface area (Å²) in [7, 11) is 0. The number of rotatable bonds is 3. The molecule has 82 valence electrons. The van der Waals surface area contributed by atoms with Gasteiger partial charge in [0.1, 0.15) is 5.83 Å². The zero-order chi connectivity index (χ0) is 11.5. The zero-order valence-electron chi connectivity index (χ0n) is 9.00. The van der Waals surface area contributed by atoms with Crippen LogP contribution in [0.1, 0.15) is 18.4 Å². The summed E-state index contributed by atoms with van der Waals surface area (Å²) >= 11 is 0. The van der Waals surface area contributed by atoms with Crippen LogP contribution in [0.15, 0.2) is 53.9 Å². The highest BCUT2D eigenvalue weighted by Gasteiger charge is 2.26. The van der Waals surface area contributed by atoms with Gasteiger partial charge in [0.2, 0.25) is 0 Å². The summed E-state index contributed by atoms with van der Waals surface area (Å²) in [4.78, 5) is 11.5. The molecule has 0 radical (unpaired) electrons. The van der Waals surface area contributed by atoms with Gasteiger partial charge in [-0.05, 0) is 24.0 Å². The SMILES string of the molecule is C=C1CC(F)=C(CCc2ccccc2)C1=O. The Morgan fingerprint density at radius 3 is 2.44 bits per heavy atom. The Balaban J connectivity index is 2.04. The van der Waals surface area contributed by atoms with Gasteiger partial charge in [0, 0.05) is 12.0 Å². The molecule has 0 amide bonds. The highest BCUT2D eigenvalue weighted by atomic mass is 19.1. The number of aryl methyl sites for hydroxylation is 1. The van der Waals surface area contributed by atoms with Gasteiger partial charge < -0.3 is 0 Å². The van der Waals surface area contributed by atoms with Gasteiger partial charge in [0.15, 0.2) is 5.78 Å². The lowest BCUT2D eigenvalue weighted by Crippen LogP contribution is -2.00. The fourth-order valence-electron chi connectivity index (χ4n) is 1.87. The molecular formula is C14H13FO. The van der Waals surface area contributed by atoms with E-state index in [-0.39, 0.29) is 18.0 Å². The first-order chi connectivity index (χ1) is 7.68. The third-order valence-electron chi connectivity index (χ3n) is 2.80. The van der Waals surface area contributed by atoms with Crippen molar-refractivity contribution in [3.8, 4) is 0 Å². The molecule has 1 aliphatic rings. The van der Waals surface area contributed by atoms with E-state index in [2.05, 4.69) is 6.58 Å². The maximum atomic E-state index is 13.4. The van der Waals surface area contributed by atoms with Crippen LogP contribution in [0, 0.1) is 0 Å². The summed E-state index contributed by atoms with van der Waals surface area (Å²) in [6.07, 6.45) is 1.26. The van der Waals surface area contributed by atoms with Crippen LogP contribution in [-0.2, 0) is 11.2 Å². The Kier molecular flexibility index (Phi) is 3.00. The fraction of sp³-hybridized carbons (Fsp3) is 0.214. The van der Waals surface area contributed by atoms with Crippen molar-refractivity contribution in [2.24, 2.45) is 0 Å². The van der Waals surface area contributed by atoms with E-state index in [4.69, 9.17) is 0 Å². The number of halogens is 1. The quantitative estimate of drug-likeness (QED) is 0.708. The Morgan fingerprint density at radius 2 is 1.88 bits per heavy atom. The Morgan fingerprint density at radius 1 is 1.19 bits per heavy atom.